The first-order chi connectivity index (χ1) is 11.8. The van der Waals surface area contributed by atoms with Crippen molar-refractivity contribution in [3.8, 4) is 0 Å². The highest BCUT2D eigenvalue weighted by atomic mass is 16.6. The fourth-order valence-corrected chi connectivity index (χ4v) is 2.11. The average Bonchev–Trinajstić information content (AvgIpc) is 2.52. The van der Waals surface area contributed by atoms with Crippen LogP contribution in [0.2, 0.25) is 0 Å². The number of nitro groups is 1. The fraction of sp³-hybridized carbons (Fsp3) is 0.357. The van der Waals surface area contributed by atoms with E-state index < -0.39 is 28.6 Å². The molecule has 0 atom stereocenters. The third-order valence-corrected chi connectivity index (χ3v) is 3.21. The molecule has 136 valence electrons. The van der Waals surface area contributed by atoms with Crippen molar-refractivity contribution in [3.05, 3.63) is 28.8 Å². The van der Waals surface area contributed by atoms with Gasteiger partial charge in [0.15, 0.2) is 0 Å². The Bertz CT molecular complexity index is 693. The molecule has 11 nitrogen and oxygen atoms in total. The number of nitrogens with zero attached hydrogens (tertiary/aromatic N) is 4. The van der Waals surface area contributed by atoms with E-state index in [-0.39, 0.29) is 31.1 Å². The van der Waals surface area contributed by atoms with Crippen molar-refractivity contribution in [2.24, 2.45) is 0 Å². The average molecular weight is 353 g/mol. The molecule has 1 rings (SSSR count). The van der Waals surface area contributed by atoms with E-state index in [1.54, 1.807) is 6.92 Å². The summed E-state index contributed by atoms with van der Waals surface area (Å²) in [4.78, 5) is 38.9. The van der Waals surface area contributed by atoms with Gasteiger partial charge in [-0.15, -0.1) is 6.58 Å². The SMILES string of the molecule is C=CCNc1cc(N(CC)C(=O)O)nc(N(CC)C(=O)O)c1[N+](=O)[O-]. The zero-order chi connectivity index (χ0) is 19.1. The van der Waals surface area contributed by atoms with Gasteiger partial charge in [-0.1, -0.05) is 6.08 Å². The molecule has 0 fully saturated rings. The van der Waals surface area contributed by atoms with Crippen molar-refractivity contribution in [2.45, 2.75) is 13.8 Å². The van der Waals surface area contributed by atoms with E-state index in [1.807, 2.05) is 0 Å². The third-order valence-electron chi connectivity index (χ3n) is 3.21. The first-order valence-electron chi connectivity index (χ1n) is 7.33. The molecule has 0 bridgehead atoms. The number of hydrogen-bond donors (Lipinski definition) is 3. The first kappa shape index (κ1) is 19.7. The smallest absolute Gasteiger partial charge is 0.413 e. The van der Waals surface area contributed by atoms with E-state index in [9.17, 15) is 29.9 Å². The molecule has 1 heterocycles. The van der Waals surface area contributed by atoms with Gasteiger partial charge < -0.3 is 15.5 Å². The van der Waals surface area contributed by atoms with Crippen LogP contribution in [0.5, 0.6) is 0 Å². The number of pyridine rings is 1. The quantitative estimate of drug-likeness (QED) is 0.367. The fourth-order valence-electron chi connectivity index (χ4n) is 2.11. The summed E-state index contributed by atoms with van der Waals surface area (Å²) in [5.41, 5.74) is -0.611. The van der Waals surface area contributed by atoms with Crippen LogP contribution in [0.1, 0.15) is 13.8 Å². The Morgan fingerprint density at radius 1 is 1.32 bits per heavy atom. The van der Waals surface area contributed by atoms with Crippen LogP contribution in [0.15, 0.2) is 18.7 Å². The largest absolute Gasteiger partial charge is 0.465 e. The van der Waals surface area contributed by atoms with Crippen LogP contribution in [0.4, 0.5) is 32.6 Å². The highest BCUT2D eigenvalue weighted by Gasteiger charge is 2.31. The molecule has 0 saturated carbocycles. The first-order valence-corrected chi connectivity index (χ1v) is 7.33. The number of anilines is 3. The van der Waals surface area contributed by atoms with Crippen LogP contribution in [0.25, 0.3) is 0 Å². The minimum absolute atomic E-state index is 0.0275. The Labute approximate surface area is 143 Å². The number of hydrogen-bond acceptors (Lipinski definition) is 6. The van der Waals surface area contributed by atoms with Crippen LogP contribution < -0.4 is 15.1 Å². The zero-order valence-electron chi connectivity index (χ0n) is 13.8. The van der Waals surface area contributed by atoms with Crippen molar-refractivity contribution in [1.82, 2.24) is 4.98 Å². The van der Waals surface area contributed by atoms with Gasteiger partial charge in [-0.25, -0.2) is 14.6 Å². The Hall–Kier alpha value is -3.37. The number of nitrogens with one attached hydrogen (secondary N) is 1. The summed E-state index contributed by atoms with van der Waals surface area (Å²) in [7, 11) is 0. The molecule has 25 heavy (non-hydrogen) atoms. The second-order valence-electron chi connectivity index (χ2n) is 4.68. The summed E-state index contributed by atoms with van der Waals surface area (Å²) >= 11 is 0. The molecule has 3 N–H and O–H groups in total. The van der Waals surface area contributed by atoms with Gasteiger partial charge >= 0.3 is 17.9 Å². The van der Waals surface area contributed by atoms with E-state index >= 15 is 0 Å². The second-order valence-corrected chi connectivity index (χ2v) is 4.68. The van der Waals surface area contributed by atoms with Gasteiger partial charge in [-0.3, -0.25) is 19.9 Å². The summed E-state index contributed by atoms with van der Waals surface area (Å²) in [6, 6.07) is 1.19. The maximum atomic E-state index is 11.5. The van der Waals surface area contributed by atoms with Gasteiger partial charge in [-0.2, -0.15) is 0 Å². The van der Waals surface area contributed by atoms with Crippen LogP contribution in [0, 0.1) is 10.1 Å². The Balaban J connectivity index is 3.73. The molecule has 11 heteroatoms. The van der Waals surface area contributed by atoms with Crippen molar-refractivity contribution >= 4 is 35.2 Å². The second kappa shape index (κ2) is 8.47. The van der Waals surface area contributed by atoms with Crippen molar-refractivity contribution in [2.75, 3.05) is 34.8 Å². The van der Waals surface area contributed by atoms with E-state index in [4.69, 9.17) is 0 Å². The van der Waals surface area contributed by atoms with E-state index in [1.165, 1.54) is 19.1 Å². The molecule has 0 radical (unpaired) electrons. The molecule has 0 spiro atoms. The topological polar surface area (TPSA) is 149 Å². The summed E-state index contributed by atoms with van der Waals surface area (Å²) in [6.45, 7) is 6.62. The van der Waals surface area contributed by atoms with Crippen molar-refractivity contribution in [3.63, 3.8) is 0 Å². The lowest BCUT2D eigenvalue weighted by Gasteiger charge is -2.22. The maximum Gasteiger partial charge on any atom is 0.413 e. The minimum atomic E-state index is -1.44. The number of carbonyl (C=O) groups is 2. The van der Waals surface area contributed by atoms with Gasteiger partial charge in [-0.05, 0) is 13.8 Å². The van der Waals surface area contributed by atoms with Crippen LogP contribution in [-0.4, -0.2) is 51.9 Å². The summed E-state index contributed by atoms with van der Waals surface area (Å²) in [5.74, 6) is -0.578. The lowest BCUT2D eigenvalue weighted by Crippen LogP contribution is -2.33. The molecule has 1 aromatic heterocycles. The summed E-state index contributed by atoms with van der Waals surface area (Å²) in [5, 5.41) is 32.8. The monoisotopic (exact) mass is 353 g/mol. The highest BCUT2D eigenvalue weighted by Crippen LogP contribution is 2.37. The Morgan fingerprint density at radius 2 is 1.88 bits per heavy atom. The molecular formula is C14H19N5O6. The molecule has 0 aromatic carbocycles. The number of aromatic nitrogens is 1. The standard InChI is InChI=1S/C14H19N5O6/c1-4-7-15-9-8-10(17(5-2)13(20)21)16-12(11(9)19(24)25)18(6-3)14(22)23/h4,8H,1,5-7H2,2-3H3,(H,15,16)(H,20,21)(H,22,23). The molecule has 0 aliphatic heterocycles. The lowest BCUT2D eigenvalue weighted by atomic mass is 10.2. The van der Waals surface area contributed by atoms with Gasteiger partial charge in [0.05, 0.1) is 4.92 Å². The van der Waals surface area contributed by atoms with E-state index in [2.05, 4.69) is 16.9 Å². The van der Waals surface area contributed by atoms with Crippen LogP contribution >= 0.6 is 0 Å². The lowest BCUT2D eigenvalue weighted by molar-refractivity contribution is -0.383. The number of amides is 2. The van der Waals surface area contributed by atoms with E-state index in [0.29, 0.717) is 4.90 Å². The van der Waals surface area contributed by atoms with Gasteiger partial charge in [0.25, 0.3) is 0 Å². The number of rotatable bonds is 8. The minimum Gasteiger partial charge on any atom is -0.465 e. The number of carboxylic acid groups (broad SMARTS) is 2. The van der Waals surface area contributed by atoms with Gasteiger partial charge in [0, 0.05) is 25.7 Å². The zero-order valence-corrected chi connectivity index (χ0v) is 13.8. The predicted octanol–water partition coefficient (Wildman–Crippen LogP) is 2.60. The van der Waals surface area contributed by atoms with E-state index in [0.717, 1.165) is 4.90 Å². The summed E-state index contributed by atoms with van der Waals surface area (Å²) < 4.78 is 0. The maximum absolute atomic E-state index is 11.5. The van der Waals surface area contributed by atoms with Crippen molar-refractivity contribution < 1.29 is 24.7 Å². The van der Waals surface area contributed by atoms with Gasteiger partial charge in [0.1, 0.15) is 11.5 Å². The molecule has 1 aromatic rings. The molecule has 2 amide bonds. The third kappa shape index (κ3) is 4.34. The molecular weight excluding hydrogens is 334 g/mol. The molecule has 0 saturated heterocycles. The highest BCUT2D eigenvalue weighted by molar-refractivity contribution is 5.93. The molecule has 0 aliphatic rings. The van der Waals surface area contributed by atoms with Gasteiger partial charge in [0.2, 0.25) is 5.82 Å². The predicted molar refractivity (Wildman–Crippen MR) is 91.7 cm³/mol. The van der Waals surface area contributed by atoms with Crippen molar-refractivity contribution in [1.29, 1.82) is 0 Å². The normalized spacial score (nSPS) is 10.0. The Morgan fingerprint density at radius 3 is 2.28 bits per heavy atom. The van der Waals surface area contributed by atoms with Crippen LogP contribution in [-0.2, 0) is 0 Å². The molecule has 0 aliphatic carbocycles. The van der Waals surface area contributed by atoms with Crippen LogP contribution in [0.3, 0.4) is 0 Å². The molecule has 0 unspecified atom stereocenters. The Kier molecular flexibility index (Phi) is 6.67. The summed E-state index contributed by atoms with van der Waals surface area (Å²) in [6.07, 6.45) is -1.31.